The summed E-state index contributed by atoms with van der Waals surface area (Å²) in [5.41, 5.74) is 0. The molecule has 1 rings (SSSR count). The summed E-state index contributed by atoms with van der Waals surface area (Å²) in [6.07, 6.45) is 2.35. The Balaban J connectivity index is 2.02. The van der Waals surface area contributed by atoms with Gasteiger partial charge in [-0.2, -0.15) is 0 Å². The summed E-state index contributed by atoms with van der Waals surface area (Å²) in [7, 11) is 3.71. The van der Waals surface area contributed by atoms with Gasteiger partial charge in [0.1, 0.15) is 0 Å². The van der Waals surface area contributed by atoms with E-state index in [2.05, 4.69) is 11.9 Å². The average molecular weight is 231 g/mol. The van der Waals surface area contributed by atoms with E-state index in [0.29, 0.717) is 19.8 Å². The van der Waals surface area contributed by atoms with Crippen LogP contribution in [0.4, 0.5) is 0 Å². The van der Waals surface area contributed by atoms with Crippen LogP contribution in [-0.2, 0) is 9.47 Å². The Morgan fingerprint density at radius 3 is 2.62 bits per heavy atom. The molecule has 1 aliphatic carbocycles. The third kappa shape index (κ3) is 6.43. The number of ether oxygens (including phenoxy) is 2. The largest absolute Gasteiger partial charge is 0.389 e. The molecule has 16 heavy (non-hydrogen) atoms. The molecule has 0 aromatic carbocycles. The third-order valence-electron chi connectivity index (χ3n) is 2.76. The molecule has 0 spiro atoms. The zero-order valence-electron chi connectivity index (χ0n) is 10.7. The van der Waals surface area contributed by atoms with E-state index in [9.17, 15) is 5.11 Å². The first-order valence-electron chi connectivity index (χ1n) is 6.09. The van der Waals surface area contributed by atoms with Crippen molar-refractivity contribution in [3.8, 4) is 0 Å². The van der Waals surface area contributed by atoms with Crippen LogP contribution in [0.5, 0.6) is 0 Å². The monoisotopic (exact) mass is 231 g/mol. The molecule has 0 bridgehead atoms. The standard InChI is InChI=1S/C12H25NO3/c1-10(8-15-3)16-9-12(14)7-13(2)6-11-4-5-11/h10-12,14H,4-9H2,1-3H3. The Hall–Kier alpha value is -0.160. The van der Waals surface area contributed by atoms with Crippen molar-refractivity contribution >= 4 is 0 Å². The van der Waals surface area contributed by atoms with Gasteiger partial charge in [-0.15, -0.1) is 0 Å². The van der Waals surface area contributed by atoms with Crippen LogP contribution in [0.2, 0.25) is 0 Å². The van der Waals surface area contributed by atoms with Gasteiger partial charge in [-0.3, -0.25) is 0 Å². The van der Waals surface area contributed by atoms with Crippen molar-refractivity contribution in [3.05, 3.63) is 0 Å². The Bertz CT molecular complexity index is 185. The van der Waals surface area contributed by atoms with Gasteiger partial charge in [0, 0.05) is 20.2 Å². The van der Waals surface area contributed by atoms with Crippen molar-refractivity contribution in [2.45, 2.75) is 32.0 Å². The molecule has 0 radical (unpaired) electrons. The molecule has 96 valence electrons. The molecule has 4 heteroatoms. The fourth-order valence-corrected chi connectivity index (χ4v) is 1.79. The lowest BCUT2D eigenvalue weighted by atomic mass is 10.3. The maximum Gasteiger partial charge on any atom is 0.0900 e. The molecule has 1 fully saturated rings. The molecule has 0 aliphatic heterocycles. The molecule has 2 unspecified atom stereocenters. The van der Waals surface area contributed by atoms with Crippen molar-refractivity contribution in [2.24, 2.45) is 5.92 Å². The van der Waals surface area contributed by atoms with E-state index in [1.807, 2.05) is 6.92 Å². The second-order valence-electron chi connectivity index (χ2n) is 4.92. The summed E-state index contributed by atoms with van der Waals surface area (Å²) in [6, 6.07) is 0. The normalized spacial score (nSPS) is 20.1. The number of aliphatic hydroxyl groups is 1. The molecule has 1 saturated carbocycles. The van der Waals surface area contributed by atoms with Gasteiger partial charge in [-0.1, -0.05) is 0 Å². The van der Waals surface area contributed by atoms with Gasteiger partial charge in [0.15, 0.2) is 0 Å². The highest BCUT2D eigenvalue weighted by Gasteiger charge is 2.23. The Morgan fingerprint density at radius 2 is 2.06 bits per heavy atom. The smallest absolute Gasteiger partial charge is 0.0900 e. The van der Waals surface area contributed by atoms with Crippen molar-refractivity contribution in [3.63, 3.8) is 0 Å². The summed E-state index contributed by atoms with van der Waals surface area (Å²) in [5.74, 6) is 0.866. The molecule has 0 saturated heterocycles. The van der Waals surface area contributed by atoms with E-state index in [1.54, 1.807) is 7.11 Å². The Kier molecular flexibility index (Phi) is 6.28. The molecule has 0 amide bonds. The van der Waals surface area contributed by atoms with Gasteiger partial charge in [-0.25, -0.2) is 0 Å². The first-order chi connectivity index (χ1) is 7.61. The SMILES string of the molecule is COCC(C)OCC(O)CN(C)CC1CC1. The van der Waals surface area contributed by atoms with Crippen LogP contribution in [0.3, 0.4) is 0 Å². The van der Waals surface area contributed by atoms with E-state index < -0.39 is 6.10 Å². The highest BCUT2D eigenvalue weighted by molar-refractivity contribution is 4.76. The molecule has 0 aromatic heterocycles. The minimum absolute atomic E-state index is 0.0494. The Morgan fingerprint density at radius 1 is 1.38 bits per heavy atom. The van der Waals surface area contributed by atoms with Crippen LogP contribution in [-0.4, -0.2) is 62.7 Å². The molecule has 4 nitrogen and oxygen atoms in total. The number of hydrogen-bond acceptors (Lipinski definition) is 4. The van der Waals surface area contributed by atoms with Gasteiger partial charge in [0.25, 0.3) is 0 Å². The first-order valence-corrected chi connectivity index (χ1v) is 6.09. The van der Waals surface area contributed by atoms with Crippen LogP contribution in [0.1, 0.15) is 19.8 Å². The molecule has 2 atom stereocenters. The zero-order valence-corrected chi connectivity index (χ0v) is 10.7. The highest BCUT2D eigenvalue weighted by atomic mass is 16.5. The van der Waals surface area contributed by atoms with Crippen molar-refractivity contribution in [2.75, 3.05) is 40.5 Å². The van der Waals surface area contributed by atoms with Gasteiger partial charge in [0.05, 0.1) is 25.4 Å². The number of aliphatic hydroxyl groups excluding tert-OH is 1. The number of nitrogens with zero attached hydrogens (tertiary/aromatic N) is 1. The second-order valence-corrected chi connectivity index (χ2v) is 4.92. The molecular formula is C12H25NO3. The van der Waals surface area contributed by atoms with E-state index >= 15 is 0 Å². The molecule has 0 heterocycles. The predicted octanol–water partition coefficient (Wildman–Crippen LogP) is 0.741. The predicted molar refractivity (Wildman–Crippen MR) is 63.5 cm³/mol. The van der Waals surface area contributed by atoms with Gasteiger partial charge in [0.2, 0.25) is 0 Å². The maximum absolute atomic E-state index is 9.76. The van der Waals surface area contributed by atoms with E-state index in [0.717, 1.165) is 12.5 Å². The van der Waals surface area contributed by atoms with Crippen molar-refractivity contribution in [1.29, 1.82) is 0 Å². The second kappa shape index (κ2) is 7.22. The van der Waals surface area contributed by atoms with Crippen LogP contribution in [0.25, 0.3) is 0 Å². The summed E-state index contributed by atoms with van der Waals surface area (Å²) >= 11 is 0. The summed E-state index contributed by atoms with van der Waals surface area (Å²) in [4.78, 5) is 2.19. The van der Waals surface area contributed by atoms with Crippen LogP contribution in [0, 0.1) is 5.92 Å². The number of rotatable bonds is 9. The quantitative estimate of drug-likeness (QED) is 0.635. The minimum atomic E-state index is -0.400. The van der Waals surface area contributed by atoms with E-state index in [4.69, 9.17) is 9.47 Å². The lowest BCUT2D eigenvalue weighted by Gasteiger charge is -2.21. The fourth-order valence-electron chi connectivity index (χ4n) is 1.79. The summed E-state index contributed by atoms with van der Waals surface area (Å²) in [5, 5.41) is 9.76. The number of likely N-dealkylation sites (N-methyl/N-ethyl adjacent to an activating group) is 1. The van der Waals surface area contributed by atoms with Crippen LogP contribution < -0.4 is 0 Å². The molecule has 0 aromatic rings. The van der Waals surface area contributed by atoms with Crippen molar-refractivity contribution < 1.29 is 14.6 Å². The first kappa shape index (κ1) is 13.9. The van der Waals surface area contributed by atoms with Crippen LogP contribution in [0.15, 0.2) is 0 Å². The number of methoxy groups -OCH3 is 1. The highest BCUT2D eigenvalue weighted by Crippen LogP contribution is 2.29. The van der Waals surface area contributed by atoms with Crippen LogP contribution >= 0.6 is 0 Å². The van der Waals surface area contributed by atoms with Gasteiger partial charge in [-0.05, 0) is 32.7 Å². The lowest BCUT2D eigenvalue weighted by Crippen LogP contribution is -2.34. The van der Waals surface area contributed by atoms with E-state index in [-0.39, 0.29) is 6.10 Å². The number of hydrogen-bond donors (Lipinski definition) is 1. The minimum Gasteiger partial charge on any atom is -0.389 e. The summed E-state index contributed by atoms with van der Waals surface area (Å²) < 4.78 is 10.4. The fraction of sp³-hybridized carbons (Fsp3) is 1.00. The topological polar surface area (TPSA) is 41.9 Å². The average Bonchev–Trinajstić information content (AvgIpc) is 2.99. The van der Waals surface area contributed by atoms with Crippen molar-refractivity contribution in [1.82, 2.24) is 4.90 Å². The van der Waals surface area contributed by atoms with Gasteiger partial charge < -0.3 is 19.5 Å². The molecule has 1 N–H and O–H groups in total. The van der Waals surface area contributed by atoms with Gasteiger partial charge >= 0.3 is 0 Å². The van der Waals surface area contributed by atoms with E-state index in [1.165, 1.54) is 12.8 Å². The molecular weight excluding hydrogens is 206 g/mol. The zero-order chi connectivity index (χ0) is 12.0. The summed E-state index contributed by atoms with van der Waals surface area (Å²) in [6.45, 7) is 4.70. The Labute approximate surface area is 98.5 Å². The maximum atomic E-state index is 9.76. The molecule has 1 aliphatic rings. The third-order valence-corrected chi connectivity index (χ3v) is 2.76. The lowest BCUT2D eigenvalue weighted by molar-refractivity contribution is -0.0382.